The summed E-state index contributed by atoms with van der Waals surface area (Å²) in [6, 6.07) is 4.08. The van der Waals surface area contributed by atoms with E-state index in [1.807, 2.05) is 32.9 Å². The van der Waals surface area contributed by atoms with Crippen LogP contribution in [0.1, 0.15) is 30.7 Å². The highest BCUT2D eigenvalue weighted by molar-refractivity contribution is 6.01. The Morgan fingerprint density at radius 3 is 2.17 bits per heavy atom. The second-order valence-electron chi connectivity index (χ2n) is 5.47. The number of carbonyl (C=O) groups excluding carboxylic acids is 2. The second-order valence-corrected chi connectivity index (χ2v) is 5.47. The van der Waals surface area contributed by atoms with Crippen LogP contribution in [0.3, 0.4) is 0 Å². The summed E-state index contributed by atoms with van der Waals surface area (Å²) in [7, 11) is 0. The van der Waals surface area contributed by atoms with Gasteiger partial charge in [0.25, 0.3) is 17.8 Å². The molecule has 2 aromatic rings. The molecule has 0 aliphatic heterocycles. The second kappa shape index (κ2) is 6.51. The number of rotatable bonds is 1. The molecule has 0 radical (unpaired) electrons. The zero-order valence-electron chi connectivity index (χ0n) is 13.9. The Hall–Kier alpha value is -2.83. The molecule has 3 N–H and O–H groups in total. The molecule has 0 bridgehead atoms. The number of nitrogens with zero attached hydrogens (tertiary/aromatic N) is 2. The SMILES string of the molecule is CC(=O)NC(NC(C)=O)=[NH+]c1nc(C)c2cc(C)cc(C)c2n1. The first kappa shape index (κ1) is 16.5. The lowest BCUT2D eigenvalue weighted by Gasteiger charge is -2.05. The minimum absolute atomic E-state index is 0.133. The molecule has 0 fully saturated rings. The monoisotopic (exact) mass is 314 g/mol. The number of nitrogens with one attached hydrogen (secondary N) is 3. The standard InChI is InChI=1S/C16H19N5O2/c1-8-6-9(2)14-13(7-8)10(3)17-15(20-14)21-16(18-11(4)22)19-12(5)23/h6-7H,1-5H3,(H2,17,18,19,20,21,22,23)/p+1. The van der Waals surface area contributed by atoms with Crippen molar-refractivity contribution in [1.82, 2.24) is 20.6 Å². The fraction of sp³-hybridized carbons (Fsp3) is 0.312. The van der Waals surface area contributed by atoms with Crippen LogP contribution in [-0.4, -0.2) is 27.7 Å². The molecule has 0 aliphatic rings. The van der Waals surface area contributed by atoms with Crippen molar-refractivity contribution in [1.29, 1.82) is 0 Å². The van der Waals surface area contributed by atoms with E-state index < -0.39 is 0 Å². The molecule has 7 nitrogen and oxygen atoms in total. The highest BCUT2D eigenvalue weighted by atomic mass is 16.2. The molecule has 0 saturated heterocycles. The van der Waals surface area contributed by atoms with Gasteiger partial charge in [-0.2, -0.15) is 0 Å². The van der Waals surface area contributed by atoms with Crippen LogP contribution in [0.15, 0.2) is 12.1 Å². The van der Waals surface area contributed by atoms with E-state index in [2.05, 4.69) is 25.6 Å². The number of aromatic nitrogens is 2. The highest BCUT2D eigenvalue weighted by Gasteiger charge is 2.14. The van der Waals surface area contributed by atoms with E-state index in [1.165, 1.54) is 13.8 Å². The van der Waals surface area contributed by atoms with Gasteiger partial charge >= 0.3 is 5.95 Å². The maximum absolute atomic E-state index is 11.2. The van der Waals surface area contributed by atoms with Gasteiger partial charge < -0.3 is 0 Å². The average Bonchev–Trinajstić information content (AvgIpc) is 2.38. The smallest absolute Gasteiger partial charge is 0.264 e. The van der Waals surface area contributed by atoms with Crippen LogP contribution in [0.2, 0.25) is 0 Å². The average molecular weight is 314 g/mol. The van der Waals surface area contributed by atoms with Crippen molar-refractivity contribution >= 4 is 34.6 Å². The summed E-state index contributed by atoms with van der Waals surface area (Å²) in [5.74, 6) is -0.191. The molecule has 0 unspecified atom stereocenters. The molecule has 120 valence electrons. The van der Waals surface area contributed by atoms with E-state index in [0.717, 1.165) is 27.7 Å². The Balaban J connectivity index is 2.55. The molecule has 1 aromatic carbocycles. The first-order chi connectivity index (χ1) is 10.8. The molecule has 0 atom stereocenters. The Bertz CT molecular complexity index is 809. The third kappa shape index (κ3) is 4.09. The maximum atomic E-state index is 11.2. The first-order valence-electron chi connectivity index (χ1n) is 7.21. The number of carbonyl (C=O) groups is 2. The lowest BCUT2D eigenvalue weighted by atomic mass is 10.1. The van der Waals surface area contributed by atoms with Crippen LogP contribution in [0, 0.1) is 20.8 Å². The summed E-state index contributed by atoms with van der Waals surface area (Å²) in [5.41, 5.74) is 3.82. The highest BCUT2D eigenvalue weighted by Crippen LogP contribution is 2.21. The van der Waals surface area contributed by atoms with Gasteiger partial charge in [0.1, 0.15) is 5.52 Å². The zero-order chi connectivity index (χ0) is 17.1. The van der Waals surface area contributed by atoms with Crippen molar-refractivity contribution in [2.24, 2.45) is 0 Å². The molecule has 0 saturated carbocycles. The van der Waals surface area contributed by atoms with Crippen LogP contribution in [0.4, 0.5) is 5.95 Å². The van der Waals surface area contributed by atoms with Gasteiger partial charge in [0.05, 0.1) is 5.69 Å². The predicted octanol–water partition coefficient (Wildman–Crippen LogP) is -0.105. The van der Waals surface area contributed by atoms with E-state index in [9.17, 15) is 9.59 Å². The molecular weight excluding hydrogens is 294 g/mol. The first-order valence-corrected chi connectivity index (χ1v) is 7.21. The van der Waals surface area contributed by atoms with Gasteiger partial charge in [0.15, 0.2) is 0 Å². The minimum Gasteiger partial charge on any atom is -0.264 e. The van der Waals surface area contributed by atoms with Crippen molar-refractivity contribution < 1.29 is 14.6 Å². The van der Waals surface area contributed by atoms with Crippen LogP contribution in [0.5, 0.6) is 0 Å². The summed E-state index contributed by atoms with van der Waals surface area (Å²) in [6.07, 6.45) is 0. The van der Waals surface area contributed by atoms with Crippen LogP contribution < -0.4 is 15.6 Å². The van der Waals surface area contributed by atoms with Crippen molar-refractivity contribution in [3.05, 3.63) is 29.0 Å². The predicted molar refractivity (Wildman–Crippen MR) is 87.0 cm³/mol. The van der Waals surface area contributed by atoms with Crippen LogP contribution in [0.25, 0.3) is 10.9 Å². The van der Waals surface area contributed by atoms with Crippen molar-refractivity contribution in [3.63, 3.8) is 0 Å². The lowest BCUT2D eigenvalue weighted by Crippen LogP contribution is -2.76. The fourth-order valence-corrected chi connectivity index (χ4v) is 2.35. The van der Waals surface area contributed by atoms with Gasteiger partial charge in [-0.05, 0) is 38.0 Å². The minimum atomic E-state index is -0.314. The summed E-state index contributed by atoms with van der Waals surface area (Å²) >= 11 is 0. The number of guanidine groups is 1. The van der Waals surface area contributed by atoms with E-state index in [4.69, 9.17) is 0 Å². The number of fused-ring (bicyclic) bond motifs is 1. The number of amides is 2. The number of benzene rings is 1. The van der Waals surface area contributed by atoms with Gasteiger partial charge in [-0.15, -0.1) is 9.97 Å². The topological polar surface area (TPSA) is 98.0 Å². The molecule has 1 aromatic heterocycles. The summed E-state index contributed by atoms with van der Waals surface area (Å²) in [4.78, 5) is 34.2. The van der Waals surface area contributed by atoms with E-state index in [0.29, 0.717) is 5.95 Å². The Morgan fingerprint density at radius 2 is 1.61 bits per heavy atom. The van der Waals surface area contributed by atoms with E-state index in [-0.39, 0.29) is 17.8 Å². The lowest BCUT2D eigenvalue weighted by molar-refractivity contribution is -0.368. The molecule has 23 heavy (non-hydrogen) atoms. The van der Waals surface area contributed by atoms with Gasteiger partial charge in [0, 0.05) is 19.2 Å². The molecule has 0 aliphatic carbocycles. The molecule has 1 heterocycles. The van der Waals surface area contributed by atoms with E-state index in [1.54, 1.807) is 0 Å². The van der Waals surface area contributed by atoms with Crippen molar-refractivity contribution in [2.45, 2.75) is 34.6 Å². The molecule has 2 amide bonds. The molecule has 0 spiro atoms. The van der Waals surface area contributed by atoms with Gasteiger partial charge in [-0.3, -0.25) is 9.59 Å². The number of hydrogen-bond donors (Lipinski definition) is 3. The number of hydrogen-bond acceptors (Lipinski definition) is 4. The Labute approximate surface area is 134 Å². The van der Waals surface area contributed by atoms with Gasteiger partial charge in [-0.25, -0.2) is 15.6 Å². The summed E-state index contributed by atoms with van der Waals surface area (Å²) in [5, 5.41) is 5.99. The molecule has 7 heteroatoms. The Kier molecular flexibility index (Phi) is 4.68. The largest absolute Gasteiger partial charge is 0.354 e. The van der Waals surface area contributed by atoms with Gasteiger partial charge in [-0.1, -0.05) is 6.07 Å². The van der Waals surface area contributed by atoms with Crippen molar-refractivity contribution in [3.8, 4) is 0 Å². The van der Waals surface area contributed by atoms with Gasteiger partial charge in [0.2, 0.25) is 0 Å². The quantitative estimate of drug-likeness (QED) is 0.505. The van der Waals surface area contributed by atoms with Crippen LogP contribution >= 0.6 is 0 Å². The third-order valence-corrected chi connectivity index (χ3v) is 3.16. The fourth-order valence-electron chi connectivity index (χ4n) is 2.35. The zero-order valence-corrected chi connectivity index (χ0v) is 13.9. The third-order valence-electron chi connectivity index (χ3n) is 3.16. The van der Waals surface area contributed by atoms with Crippen molar-refractivity contribution in [2.75, 3.05) is 0 Å². The normalized spacial score (nSPS) is 10.3. The van der Waals surface area contributed by atoms with Crippen LogP contribution in [-0.2, 0) is 9.59 Å². The van der Waals surface area contributed by atoms with E-state index >= 15 is 0 Å². The molecule has 2 rings (SSSR count). The Morgan fingerprint density at radius 1 is 1.00 bits per heavy atom. The molecular formula is C16H20N5O2+. The maximum Gasteiger partial charge on any atom is 0.354 e. The summed E-state index contributed by atoms with van der Waals surface area (Å²) in [6.45, 7) is 8.60. The summed E-state index contributed by atoms with van der Waals surface area (Å²) < 4.78 is 0. The number of aryl methyl sites for hydroxylation is 3.